The number of carboxylic acid groups (broad SMARTS) is 1. The second-order valence-electron chi connectivity index (χ2n) is 6.61. The van der Waals surface area contributed by atoms with Gasteiger partial charge in [0, 0.05) is 18.7 Å². The number of hydrogen-bond acceptors (Lipinski definition) is 8. The molecule has 2 aliphatic heterocycles. The Balaban J connectivity index is 2.26. The van der Waals surface area contributed by atoms with Crippen molar-refractivity contribution >= 4 is 36.4 Å². The molecule has 0 saturated carbocycles. The summed E-state index contributed by atoms with van der Waals surface area (Å²) in [5, 5.41) is 11.5. The summed E-state index contributed by atoms with van der Waals surface area (Å²) in [6, 6.07) is -1.76. The third-order valence-electron chi connectivity index (χ3n) is 4.64. The lowest BCUT2D eigenvalue weighted by Gasteiger charge is -2.52. The number of terminal acetylenes is 1. The topological polar surface area (TPSA) is 165 Å². The third kappa shape index (κ3) is 4.29. The first-order chi connectivity index (χ1) is 13.6. The normalized spacial score (nSPS) is 25.6. The molecule has 0 aliphatic carbocycles. The van der Waals surface area contributed by atoms with Crippen LogP contribution < -0.4 is 16.8 Å². The number of hydrogen-bond donors (Lipinski definition) is 5. The number of nitrogens with zero attached hydrogens (tertiary/aromatic N) is 1. The van der Waals surface area contributed by atoms with Gasteiger partial charge in [0.15, 0.2) is 5.54 Å². The van der Waals surface area contributed by atoms with Crippen LogP contribution in [0.25, 0.3) is 0 Å². The van der Waals surface area contributed by atoms with Gasteiger partial charge in [-0.15, -0.1) is 6.42 Å². The number of esters is 1. The fourth-order valence-corrected chi connectivity index (χ4v) is 3.75. The molecule has 0 bridgehead atoms. The van der Waals surface area contributed by atoms with Gasteiger partial charge in [-0.05, 0) is 18.1 Å². The molecule has 2 heterocycles. The van der Waals surface area contributed by atoms with Gasteiger partial charge in [-0.1, -0.05) is 12.0 Å². The summed E-state index contributed by atoms with van der Waals surface area (Å²) >= 11 is 4.44. The number of β-lactam (4-membered cyclic amide) rings is 1. The number of amides is 2. The van der Waals surface area contributed by atoms with Gasteiger partial charge in [0.25, 0.3) is 11.8 Å². The molecule has 6 N–H and O–H groups in total. The van der Waals surface area contributed by atoms with Crippen molar-refractivity contribution in [2.24, 2.45) is 11.5 Å². The van der Waals surface area contributed by atoms with Crippen LogP contribution in [-0.2, 0) is 23.9 Å². The molecule has 0 spiro atoms. The maximum Gasteiger partial charge on any atom is 0.352 e. The van der Waals surface area contributed by atoms with E-state index in [9.17, 15) is 24.3 Å². The first-order valence-electron chi connectivity index (χ1n) is 8.62. The van der Waals surface area contributed by atoms with E-state index in [0.29, 0.717) is 0 Å². The Morgan fingerprint density at radius 1 is 1.52 bits per heavy atom. The predicted molar refractivity (Wildman–Crippen MR) is 105 cm³/mol. The predicted octanol–water partition coefficient (Wildman–Crippen LogP) is -1.87. The molecular weight excluding hydrogens is 400 g/mol. The standard InChI is InChI=1S/C18H22N4O6S/c1-3-18(20,5-4-6-19)17(27)21-12-14-11(29)7-10(8-28-9(2)23)13(16(25)26)22(14)15(12)24/h1,4-5,11-12,14,29H,6-8,19-20H2,2H3,(H,21,27)(H,25,26). The highest BCUT2D eigenvalue weighted by Gasteiger charge is 2.57. The smallest absolute Gasteiger partial charge is 0.352 e. The highest BCUT2D eigenvalue weighted by atomic mass is 32.1. The lowest BCUT2D eigenvalue weighted by Crippen LogP contribution is -2.76. The van der Waals surface area contributed by atoms with Crippen molar-refractivity contribution in [3.63, 3.8) is 0 Å². The fraction of sp³-hybridized carbons (Fsp3) is 0.444. The second-order valence-corrected chi connectivity index (χ2v) is 7.27. The third-order valence-corrected chi connectivity index (χ3v) is 5.13. The Bertz CT molecular complexity index is 848. The molecule has 0 aromatic carbocycles. The minimum atomic E-state index is -1.81. The first kappa shape index (κ1) is 22.5. The summed E-state index contributed by atoms with van der Waals surface area (Å²) in [5.74, 6) is -1.23. The number of carboxylic acids is 1. The van der Waals surface area contributed by atoms with Crippen molar-refractivity contribution in [3.8, 4) is 12.3 Å². The molecule has 4 unspecified atom stereocenters. The second kappa shape index (κ2) is 8.69. The molecule has 0 aromatic heterocycles. The van der Waals surface area contributed by atoms with Crippen molar-refractivity contribution in [1.29, 1.82) is 0 Å². The lowest BCUT2D eigenvalue weighted by molar-refractivity contribution is -0.156. The van der Waals surface area contributed by atoms with Gasteiger partial charge in [0.05, 0.1) is 6.04 Å². The van der Waals surface area contributed by atoms with Crippen molar-refractivity contribution < 1.29 is 29.0 Å². The largest absolute Gasteiger partial charge is 0.477 e. The molecular formula is C18H22N4O6S. The van der Waals surface area contributed by atoms with E-state index in [2.05, 4.69) is 23.9 Å². The van der Waals surface area contributed by atoms with Gasteiger partial charge in [-0.2, -0.15) is 12.6 Å². The maximum atomic E-state index is 12.6. The van der Waals surface area contributed by atoms with Gasteiger partial charge < -0.3 is 26.6 Å². The molecule has 2 rings (SSSR count). The van der Waals surface area contributed by atoms with Crippen molar-refractivity contribution in [2.75, 3.05) is 13.2 Å². The van der Waals surface area contributed by atoms with Gasteiger partial charge >= 0.3 is 11.9 Å². The number of carbonyl (C=O) groups is 4. The van der Waals surface area contributed by atoms with Crippen molar-refractivity contribution in [2.45, 2.75) is 36.2 Å². The van der Waals surface area contributed by atoms with E-state index in [-0.39, 0.29) is 30.8 Å². The number of nitrogens with one attached hydrogen (secondary N) is 1. The average Bonchev–Trinajstić information content (AvgIpc) is 2.67. The molecule has 10 nitrogen and oxygen atoms in total. The zero-order valence-electron chi connectivity index (χ0n) is 15.6. The van der Waals surface area contributed by atoms with Gasteiger partial charge in [-0.25, -0.2) is 4.79 Å². The van der Waals surface area contributed by atoms with Crippen LogP contribution in [0.15, 0.2) is 23.4 Å². The highest BCUT2D eigenvalue weighted by Crippen LogP contribution is 2.39. The van der Waals surface area contributed by atoms with Crippen LogP contribution >= 0.6 is 12.6 Å². The van der Waals surface area contributed by atoms with Crippen LogP contribution in [-0.4, -0.2) is 69.8 Å². The first-order valence-corrected chi connectivity index (χ1v) is 9.14. The Labute approximate surface area is 172 Å². The maximum absolute atomic E-state index is 12.6. The average molecular weight is 422 g/mol. The Morgan fingerprint density at radius 3 is 2.69 bits per heavy atom. The number of thiol groups is 1. The van der Waals surface area contributed by atoms with Crippen LogP contribution in [0.2, 0.25) is 0 Å². The molecule has 4 atom stereocenters. The van der Waals surface area contributed by atoms with E-state index in [1.165, 1.54) is 19.1 Å². The fourth-order valence-electron chi connectivity index (χ4n) is 3.22. The van der Waals surface area contributed by atoms with Gasteiger partial charge in [-0.3, -0.25) is 19.3 Å². The molecule has 2 aliphatic rings. The molecule has 29 heavy (non-hydrogen) atoms. The van der Waals surface area contributed by atoms with Gasteiger partial charge in [0.2, 0.25) is 0 Å². The van der Waals surface area contributed by atoms with Gasteiger partial charge in [0.1, 0.15) is 18.3 Å². The van der Waals surface area contributed by atoms with E-state index in [1.807, 2.05) is 0 Å². The molecule has 2 amide bonds. The number of fused-ring (bicyclic) bond motifs is 1. The van der Waals surface area contributed by atoms with Crippen molar-refractivity contribution in [3.05, 3.63) is 23.4 Å². The Hall–Kier alpha value is -2.81. The summed E-state index contributed by atoms with van der Waals surface area (Å²) in [4.78, 5) is 49.0. The minimum absolute atomic E-state index is 0.114. The Kier molecular flexibility index (Phi) is 6.73. The van der Waals surface area contributed by atoms with Crippen LogP contribution in [0.1, 0.15) is 13.3 Å². The van der Waals surface area contributed by atoms with Crippen LogP contribution in [0, 0.1) is 12.3 Å². The number of ether oxygens (including phenoxy) is 1. The zero-order chi connectivity index (χ0) is 21.9. The molecule has 1 fully saturated rings. The summed E-state index contributed by atoms with van der Waals surface area (Å²) in [7, 11) is 0. The molecule has 156 valence electrons. The summed E-state index contributed by atoms with van der Waals surface area (Å²) in [6.07, 6.45) is 8.17. The number of carbonyl (C=O) groups excluding carboxylic acids is 3. The van der Waals surface area contributed by atoms with Crippen LogP contribution in [0.4, 0.5) is 0 Å². The number of nitrogens with two attached hydrogens (primary N) is 2. The number of aliphatic carboxylic acids is 1. The van der Waals surface area contributed by atoms with Crippen LogP contribution in [0.5, 0.6) is 0 Å². The molecule has 1 saturated heterocycles. The van der Waals surface area contributed by atoms with E-state index in [4.69, 9.17) is 22.6 Å². The SMILES string of the molecule is C#CC(N)(C=CCN)C(=O)NC1C(=O)N2C(C(=O)O)=C(COC(C)=O)CC(S)C12. The van der Waals surface area contributed by atoms with E-state index in [0.717, 1.165) is 4.90 Å². The summed E-state index contributed by atoms with van der Waals surface area (Å²) in [6.45, 7) is 1.03. The molecule has 11 heteroatoms. The molecule has 0 radical (unpaired) electrons. The monoisotopic (exact) mass is 422 g/mol. The Morgan fingerprint density at radius 2 is 2.17 bits per heavy atom. The van der Waals surface area contributed by atoms with E-state index >= 15 is 0 Å². The lowest BCUT2D eigenvalue weighted by atomic mass is 9.82. The summed E-state index contributed by atoms with van der Waals surface area (Å²) < 4.78 is 4.88. The highest BCUT2D eigenvalue weighted by molar-refractivity contribution is 7.81. The molecule has 0 aromatic rings. The van der Waals surface area contributed by atoms with E-state index in [1.54, 1.807) is 0 Å². The summed E-state index contributed by atoms with van der Waals surface area (Å²) in [5.41, 5.74) is 9.39. The quantitative estimate of drug-likeness (QED) is 0.105. The van der Waals surface area contributed by atoms with Crippen molar-refractivity contribution in [1.82, 2.24) is 10.2 Å². The van der Waals surface area contributed by atoms with E-state index < -0.39 is 46.6 Å². The van der Waals surface area contributed by atoms with Crippen LogP contribution in [0.3, 0.4) is 0 Å². The number of rotatable bonds is 7. The zero-order valence-corrected chi connectivity index (χ0v) is 16.5. The minimum Gasteiger partial charge on any atom is -0.477 e.